The Hall–Kier alpha value is -2.13. The Bertz CT molecular complexity index is 728. The van der Waals surface area contributed by atoms with Gasteiger partial charge in [0.15, 0.2) is 5.78 Å². The van der Waals surface area contributed by atoms with E-state index in [0.29, 0.717) is 12.3 Å². The van der Waals surface area contributed by atoms with Crippen molar-refractivity contribution in [2.24, 2.45) is 0 Å². The van der Waals surface area contributed by atoms with Crippen LogP contribution in [-0.4, -0.2) is 32.1 Å². The molecule has 2 aromatic rings. The quantitative estimate of drug-likeness (QED) is 0.758. The van der Waals surface area contributed by atoms with Crippen molar-refractivity contribution >= 4 is 11.5 Å². The van der Waals surface area contributed by atoms with Gasteiger partial charge in [0.1, 0.15) is 0 Å². The first-order chi connectivity index (χ1) is 12.1. The average Bonchev–Trinajstić information content (AvgIpc) is 2.64. The van der Waals surface area contributed by atoms with Crippen molar-refractivity contribution in [2.75, 3.05) is 31.2 Å². The molecule has 3 rings (SSSR count). The van der Waals surface area contributed by atoms with Gasteiger partial charge < -0.3 is 9.64 Å². The third-order valence-corrected chi connectivity index (χ3v) is 5.03. The molecule has 2 aromatic carbocycles. The molecule has 25 heavy (non-hydrogen) atoms. The van der Waals surface area contributed by atoms with Gasteiger partial charge in [-0.25, -0.2) is 0 Å². The maximum absolute atomic E-state index is 12.7. The van der Waals surface area contributed by atoms with E-state index in [0.717, 1.165) is 43.1 Å². The third kappa shape index (κ3) is 4.10. The van der Waals surface area contributed by atoms with E-state index in [1.807, 2.05) is 12.1 Å². The summed E-state index contributed by atoms with van der Waals surface area (Å²) >= 11 is 0. The lowest BCUT2D eigenvalue weighted by molar-refractivity contribution is 0.0992. The van der Waals surface area contributed by atoms with Crippen LogP contribution < -0.4 is 4.90 Å². The van der Waals surface area contributed by atoms with Crippen molar-refractivity contribution in [1.82, 2.24) is 0 Å². The summed E-state index contributed by atoms with van der Waals surface area (Å²) in [5.74, 6) is 0.653. The van der Waals surface area contributed by atoms with E-state index in [2.05, 4.69) is 56.0 Å². The Morgan fingerprint density at radius 2 is 1.76 bits per heavy atom. The van der Waals surface area contributed by atoms with Gasteiger partial charge in [0.2, 0.25) is 0 Å². The minimum absolute atomic E-state index is 0.178. The first-order valence-corrected chi connectivity index (χ1v) is 9.10. The minimum Gasteiger partial charge on any atom is -0.378 e. The molecule has 0 bridgehead atoms. The largest absolute Gasteiger partial charge is 0.378 e. The molecule has 0 amide bonds. The second kappa shape index (κ2) is 7.83. The zero-order valence-corrected chi connectivity index (χ0v) is 15.4. The van der Waals surface area contributed by atoms with Crippen molar-refractivity contribution in [3.63, 3.8) is 0 Å². The lowest BCUT2D eigenvalue weighted by Crippen LogP contribution is -2.36. The first-order valence-electron chi connectivity index (χ1n) is 9.10. The Morgan fingerprint density at radius 3 is 2.40 bits per heavy atom. The first kappa shape index (κ1) is 17.7. The predicted octanol–water partition coefficient (Wildman–Crippen LogP) is 4.38. The van der Waals surface area contributed by atoms with E-state index in [1.54, 1.807) is 0 Å². The molecule has 3 heteroatoms. The van der Waals surface area contributed by atoms with Crippen molar-refractivity contribution in [1.29, 1.82) is 0 Å². The Balaban J connectivity index is 1.72. The summed E-state index contributed by atoms with van der Waals surface area (Å²) in [4.78, 5) is 15.0. The van der Waals surface area contributed by atoms with Gasteiger partial charge in [0.25, 0.3) is 0 Å². The molecule has 0 aliphatic carbocycles. The van der Waals surface area contributed by atoms with Crippen molar-refractivity contribution in [2.45, 2.75) is 33.1 Å². The highest BCUT2D eigenvalue weighted by molar-refractivity contribution is 5.98. The Morgan fingerprint density at radius 1 is 1.08 bits per heavy atom. The number of hydrogen-bond donors (Lipinski definition) is 0. The maximum atomic E-state index is 12.7. The molecule has 1 saturated heterocycles. The number of ketones is 1. The van der Waals surface area contributed by atoms with Crippen LogP contribution in [0.5, 0.6) is 0 Å². The van der Waals surface area contributed by atoms with E-state index >= 15 is 0 Å². The van der Waals surface area contributed by atoms with Crippen LogP contribution in [-0.2, 0) is 11.2 Å². The summed E-state index contributed by atoms with van der Waals surface area (Å²) in [6.45, 7) is 9.87. The Labute approximate surface area is 150 Å². The second-order valence-corrected chi connectivity index (χ2v) is 7.03. The zero-order valence-electron chi connectivity index (χ0n) is 15.4. The summed E-state index contributed by atoms with van der Waals surface area (Å²) in [6.07, 6.45) is 0.462. The molecular formula is C22H27NO2. The van der Waals surface area contributed by atoms with Crippen LogP contribution in [0.2, 0.25) is 0 Å². The fourth-order valence-corrected chi connectivity index (χ4v) is 3.48. The number of benzene rings is 2. The highest BCUT2D eigenvalue weighted by atomic mass is 16.5. The SMILES string of the molecule is Cc1c(CC(=O)c2ccc(N3CCOCC3)cc2)cccc1C(C)C. The fraction of sp³-hybridized carbons (Fsp3) is 0.409. The van der Waals surface area contributed by atoms with Gasteiger partial charge in [-0.1, -0.05) is 32.0 Å². The molecule has 0 radical (unpaired) electrons. The number of hydrogen-bond acceptors (Lipinski definition) is 3. The summed E-state index contributed by atoms with van der Waals surface area (Å²) < 4.78 is 5.39. The van der Waals surface area contributed by atoms with Crippen LogP contribution in [0.3, 0.4) is 0 Å². The number of nitrogens with zero attached hydrogens (tertiary/aromatic N) is 1. The van der Waals surface area contributed by atoms with Gasteiger partial charge in [-0.05, 0) is 53.8 Å². The standard InChI is InChI=1S/C22H27NO2/c1-16(2)21-6-4-5-19(17(21)3)15-22(24)18-7-9-20(10-8-18)23-11-13-25-14-12-23/h4-10,16H,11-15H2,1-3H3. The van der Waals surface area contributed by atoms with E-state index in [1.165, 1.54) is 11.1 Å². The number of Topliss-reactive ketones (excluding diaryl/α,β-unsaturated/α-hetero) is 1. The minimum atomic E-state index is 0.178. The van der Waals surface area contributed by atoms with Crippen LogP contribution in [0.1, 0.15) is 46.8 Å². The highest BCUT2D eigenvalue weighted by Crippen LogP contribution is 2.23. The highest BCUT2D eigenvalue weighted by Gasteiger charge is 2.14. The molecule has 0 N–H and O–H groups in total. The summed E-state index contributed by atoms with van der Waals surface area (Å²) in [6, 6.07) is 14.3. The van der Waals surface area contributed by atoms with Gasteiger partial charge >= 0.3 is 0 Å². The molecule has 1 fully saturated rings. The monoisotopic (exact) mass is 337 g/mol. The van der Waals surface area contributed by atoms with Gasteiger partial charge in [0.05, 0.1) is 13.2 Å². The molecule has 1 aliphatic rings. The van der Waals surface area contributed by atoms with Crippen molar-refractivity contribution in [3.05, 3.63) is 64.7 Å². The fourth-order valence-electron chi connectivity index (χ4n) is 3.48. The lowest BCUT2D eigenvalue weighted by atomic mass is 9.91. The molecule has 0 spiro atoms. The van der Waals surface area contributed by atoms with Crippen molar-refractivity contribution in [3.8, 4) is 0 Å². The van der Waals surface area contributed by atoms with Crippen LogP contribution in [0.25, 0.3) is 0 Å². The maximum Gasteiger partial charge on any atom is 0.167 e. The number of carbonyl (C=O) groups is 1. The van der Waals surface area contributed by atoms with E-state index < -0.39 is 0 Å². The van der Waals surface area contributed by atoms with Crippen LogP contribution in [0.4, 0.5) is 5.69 Å². The molecule has 1 aliphatic heterocycles. The third-order valence-electron chi connectivity index (χ3n) is 5.03. The smallest absolute Gasteiger partial charge is 0.167 e. The van der Waals surface area contributed by atoms with Gasteiger partial charge in [-0.15, -0.1) is 0 Å². The number of carbonyl (C=O) groups excluding carboxylic acids is 1. The van der Waals surface area contributed by atoms with E-state index in [-0.39, 0.29) is 5.78 Å². The Kier molecular flexibility index (Phi) is 5.54. The topological polar surface area (TPSA) is 29.5 Å². The van der Waals surface area contributed by atoms with E-state index in [4.69, 9.17) is 4.74 Å². The number of morpholine rings is 1. The molecule has 0 atom stereocenters. The summed E-state index contributed by atoms with van der Waals surface area (Å²) in [5, 5.41) is 0. The van der Waals surface area contributed by atoms with Gasteiger partial charge in [0, 0.05) is 30.8 Å². The van der Waals surface area contributed by atoms with Gasteiger partial charge in [-0.3, -0.25) is 4.79 Å². The van der Waals surface area contributed by atoms with Gasteiger partial charge in [-0.2, -0.15) is 0 Å². The molecule has 0 saturated carbocycles. The lowest BCUT2D eigenvalue weighted by Gasteiger charge is -2.28. The van der Waals surface area contributed by atoms with E-state index in [9.17, 15) is 4.79 Å². The number of ether oxygens (including phenoxy) is 1. The van der Waals surface area contributed by atoms with Crippen LogP contribution in [0.15, 0.2) is 42.5 Å². The van der Waals surface area contributed by atoms with Crippen molar-refractivity contribution < 1.29 is 9.53 Å². The molecule has 132 valence electrons. The number of rotatable bonds is 5. The normalized spacial score (nSPS) is 14.8. The molecule has 1 heterocycles. The molecular weight excluding hydrogens is 310 g/mol. The molecule has 0 aromatic heterocycles. The number of anilines is 1. The molecule has 3 nitrogen and oxygen atoms in total. The van der Waals surface area contributed by atoms with Crippen LogP contribution >= 0.6 is 0 Å². The average molecular weight is 337 g/mol. The predicted molar refractivity (Wildman–Crippen MR) is 103 cm³/mol. The zero-order chi connectivity index (χ0) is 17.8. The summed E-state index contributed by atoms with van der Waals surface area (Å²) in [7, 11) is 0. The molecule has 0 unspecified atom stereocenters. The van der Waals surface area contributed by atoms with Crippen LogP contribution in [0, 0.1) is 6.92 Å². The second-order valence-electron chi connectivity index (χ2n) is 7.03. The summed E-state index contributed by atoms with van der Waals surface area (Å²) in [5.41, 5.74) is 5.65.